The van der Waals surface area contributed by atoms with Gasteiger partial charge in [0.25, 0.3) is 5.91 Å². The van der Waals surface area contributed by atoms with Gasteiger partial charge >= 0.3 is 6.18 Å². The van der Waals surface area contributed by atoms with Crippen LogP contribution in [0.4, 0.5) is 13.2 Å². The summed E-state index contributed by atoms with van der Waals surface area (Å²) >= 11 is 0. The molecule has 0 unspecified atom stereocenters. The van der Waals surface area contributed by atoms with Crippen molar-refractivity contribution in [2.24, 2.45) is 16.5 Å². The number of hydrogen-bond donors (Lipinski definition) is 2. The van der Waals surface area contributed by atoms with Gasteiger partial charge in [0.05, 0.1) is 5.69 Å². The average molecular weight is 448 g/mol. The molecule has 32 heavy (non-hydrogen) atoms. The first kappa shape index (κ1) is 23.5. The number of aliphatic imine (C=N–C) groups is 1. The Balaban J connectivity index is 0.000000198. The number of pyridine rings is 1. The van der Waals surface area contributed by atoms with Gasteiger partial charge in [0.2, 0.25) is 0 Å². The number of carbonyl (C=O) groups is 1. The summed E-state index contributed by atoms with van der Waals surface area (Å²) < 4.78 is 37.6. The van der Waals surface area contributed by atoms with Crippen molar-refractivity contribution in [3.05, 3.63) is 47.1 Å². The Kier molecular flexibility index (Phi) is 7.00. The summed E-state index contributed by atoms with van der Waals surface area (Å²) in [7, 11) is 1.14. The number of carbonyl (C=O) groups excluding carboxylic acids is 1. The average Bonchev–Trinajstić information content (AvgIpc) is 3.49. The first-order valence-electron chi connectivity index (χ1n) is 10.4. The van der Waals surface area contributed by atoms with Crippen LogP contribution < -0.4 is 11.5 Å². The molecule has 7 nitrogen and oxygen atoms in total. The van der Waals surface area contributed by atoms with E-state index in [1.54, 1.807) is 0 Å². The van der Waals surface area contributed by atoms with E-state index in [4.69, 9.17) is 10.8 Å². The lowest BCUT2D eigenvalue weighted by Gasteiger charge is -2.11. The van der Waals surface area contributed by atoms with Gasteiger partial charge < -0.3 is 11.5 Å². The number of allylic oxidation sites excluding steroid dienone is 1. The minimum Gasteiger partial charge on any atom is -0.395 e. The minimum absolute atomic E-state index is 0.391. The largest absolute Gasteiger partial charge is 0.430 e. The van der Waals surface area contributed by atoms with Crippen molar-refractivity contribution in [3.63, 3.8) is 0 Å². The smallest absolute Gasteiger partial charge is 0.395 e. The third-order valence-electron chi connectivity index (χ3n) is 5.29. The lowest BCUT2D eigenvalue weighted by Crippen LogP contribution is -2.26. The number of amides is 1. The number of hydrogen-bond acceptors (Lipinski definition) is 5. The summed E-state index contributed by atoms with van der Waals surface area (Å²) in [4.78, 5) is 18.3. The number of aryl methyl sites for hydroxylation is 3. The molecule has 0 atom stereocenters. The van der Waals surface area contributed by atoms with Crippen LogP contribution in [0.2, 0.25) is 0 Å². The molecular weight excluding hydrogens is 421 g/mol. The van der Waals surface area contributed by atoms with E-state index in [-0.39, 0.29) is 0 Å². The molecule has 10 heteroatoms. The van der Waals surface area contributed by atoms with Crippen LogP contribution in [0.3, 0.4) is 0 Å². The van der Waals surface area contributed by atoms with Crippen molar-refractivity contribution in [1.82, 2.24) is 14.8 Å². The van der Waals surface area contributed by atoms with E-state index in [1.807, 2.05) is 0 Å². The summed E-state index contributed by atoms with van der Waals surface area (Å²) in [5, 5.41) is 4.77. The van der Waals surface area contributed by atoms with Crippen LogP contribution in [0.1, 0.15) is 48.7 Å². The van der Waals surface area contributed by atoms with Crippen LogP contribution in [0.25, 0.3) is 11.3 Å². The second-order valence-corrected chi connectivity index (χ2v) is 7.97. The van der Waals surface area contributed by atoms with E-state index in [0.717, 1.165) is 25.0 Å². The summed E-state index contributed by atoms with van der Waals surface area (Å²) in [6.45, 7) is 3.17. The first-order valence-corrected chi connectivity index (χ1v) is 10.4. The SMILES string of the molecule is CN=C(/C=C(\N)C(F)(F)F)C(N)=O.Cc1cc(-c2cc3n(n2)CCCC3)cc(C2CC2)n1. The fourth-order valence-corrected chi connectivity index (χ4v) is 3.46. The topological polar surface area (TPSA) is 112 Å². The van der Waals surface area contributed by atoms with E-state index in [1.165, 1.54) is 49.1 Å². The molecule has 4 rings (SSSR count). The highest BCUT2D eigenvalue weighted by Crippen LogP contribution is 2.40. The van der Waals surface area contributed by atoms with Crippen molar-refractivity contribution in [2.75, 3.05) is 7.05 Å². The van der Waals surface area contributed by atoms with Gasteiger partial charge in [-0.15, -0.1) is 0 Å². The van der Waals surface area contributed by atoms with Crippen LogP contribution in [-0.2, 0) is 17.8 Å². The molecule has 0 saturated heterocycles. The number of aromatic nitrogens is 3. The number of primary amides is 1. The van der Waals surface area contributed by atoms with Crippen molar-refractivity contribution < 1.29 is 18.0 Å². The number of alkyl halides is 3. The van der Waals surface area contributed by atoms with Crippen LogP contribution >= 0.6 is 0 Å². The van der Waals surface area contributed by atoms with Crippen LogP contribution in [-0.4, -0.2) is 39.6 Å². The molecule has 172 valence electrons. The standard InChI is InChI=1S/C16H19N3.C6H8F3N3O/c1-11-8-13(9-15(17-11)12-5-6-12)16-10-14-4-2-3-7-19(14)18-16;1-12-3(5(11)13)2-4(10)6(7,8)9/h8-10,12H,2-7H2,1H3;2H,10H2,1H3,(H2,11,13)/b;4-2-,12-3?. The molecule has 2 aromatic rings. The molecular formula is C22H27F3N6O. The maximum atomic E-state index is 11.8. The molecule has 2 aliphatic rings. The highest BCUT2D eigenvalue weighted by atomic mass is 19.4. The zero-order valence-electron chi connectivity index (χ0n) is 18.1. The van der Waals surface area contributed by atoms with E-state index >= 15 is 0 Å². The van der Waals surface area contributed by atoms with Crippen LogP contribution in [0, 0.1) is 6.92 Å². The van der Waals surface area contributed by atoms with E-state index in [9.17, 15) is 18.0 Å². The molecule has 1 fully saturated rings. The van der Waals surface area contributed by atoms with Gasteiger partial charge in [-0.2, -0.15) is 18.3 Å². The molecule has 1 saturated carbocycles. The first-order chi connectivity index (χ1) is 15.1. The number of rotatable bonds is 4. The second kappa shape index (κ2) is 9.54. The fraction of sp³-hybridized carbons (Fsp3) is 0.455. The minimum atomic E-state index is -4.68. The Morgan fingerprint density at radius 1 is 1.22 bits per heavy atom. The van der Waals surface area contributed by atoms with Crippen LogP contribution in [0.5, 0.6) is 0 Å². The van der Waals surface area contributed by atoms with Crippen molar-refractivity contribution >= 4 is 11.6 Å². The second-order valence-electron chi connectivity index (χ2n) is 7.97. The van der Waals surface area contributed by atoms with E-state index in [0.29, 0.717) is 12.0 Å². The Hall–Kier alpha value is -3.17. The number of nitrogens with two attached hydrogens (primary N) is 2. The summed E-state index contributed by atoms with van der Waals surface area (Å²) in [5.74, 6) is -0.356. The van der Waals surface area contributed by atoms with Gasteiger partial charge in [-0.05, 0) is 63.3 Å². The Labute approximate surface area is 184 Å². The normalized spacial score (nSPS) is 16.8. The molecule has 0 radical (unpaired) electrons. The van der Waals surface area contributed by atoms with Crippen molar-refractivity contribution in [3.8, 4) is 11.3 Å². The number of nitrogens with zero attached hydrogens (tertiary/aromatic N) is 4. The van der Waals surface area contributed by atoms with Gasteiger partial charge in [-0.1, -0.05) is 0 Å². The molecule has 0 spiro atoms. The Morgan fingerprint density at radius 2 is 1.94 bits per heavy atom. The van der Waals surface area contributed by atoms with Gasteiger partial charge in [0, 0.05) is 42.2 Å². The molecule has 1 aliphatic heterocycles. The third kappa shape index (κ3) is 5.95. The number of halogens is 3. The zero-order chi connectivity index (χ0) is 23.5. The monoisotopic (exact) mass is 448 g/mol. The van der Waals surface area contributed by atoms with Gasteiger partial charge in [0.15, 0.2) is 0 Å². The lowest BCUT2D eigenvalue weighted by atomic mass is 10.1. The van der Waals surface area contributed by atoms with Gasteiger partial charge in [-0.25, -0.2) is 0 Å². The molecule has 1 aliphatic carbocycles. The van der Waals surface area contributed by atoms with E-state index in [2.05, 4.69) is 45.5 Å². The summed E-state index contributed by atoms with van der Waals surface area (Å²) in [6.07, 6.45) is 2.05. The molecule has 1 amide bonds. The van der Waals surface area contributed by atoms with Gasteiger partial charge in [0.1, 0.15) is 11.4 Å². The summed E-state index contributed by atoms with van der Waals surface area (Å²) in [5.41, 5.74) is 13.5. The number of fused-ring (bicyclic) bond motifs is 1. The van der Waals surface area contributed by atoms with Gasteiger partial charge in [-0.3, -0.25) is 19.5 Å². The quantitative estimate of drug-likeness (QED) is 0.698. The molecule has 4 N–H and O–H groups in total. The zero-order valence-corrected chi connectivity index (χ0v) is 18.1. The van der Waals surface area contributed by atoms with Crippen molar-refractivity contribution in [1.29, 1.82) is 0 Å². The van der Waals surface area contributed by atoms with E-state index < -0.39 is 23.5 Å². The molecule has 2 aromatic heterocycles. The molecule has 0 bridgehead atoms. The predicted octanol–water partition coefficient (Wildman–Crippen LogP) is 3.41. The summed E-state index contributed by atoms with van der Waals surface area (Å²) in [6, 6.07) is 6.68. The Bertz CT molecular complexity index is 1030. The van der Waals surface area contributed by atoms with Crippen molar-refractivity contribution in [2.45, 2.75) is 57.7 Å². The maximum Gasteiger partial charge on any atom is 0.430 e. The highest BCUT2D eigenvalue weighted by molar-refractivity contribution is 6.42. The Morgan fingerprint density at radius 3 is 2.50 bits per heavy atom. The van der Waals surface area contributed by atoms with Crippen LogP contribution in [0.15, 0.2) is 35.0 Å². The maximum absolute atomic E-state index is 11.8. The highest BCUT2D eigenvalue weighted by Gasteiger charge is 2.32. The predicted molar refractivity (Wildman–Crippen MR) is 116 cm³/mol. The third-order valence-corrected chi connectivity index (χ3v) is 5.29. The fourth-order valence-electron chi connectivity index (χ4n) is 3.46. The lowest BCUT2D eigenvalue weighted by molar-refractivity contribution is -0.111. The molecule has 0 aromatic carbocycles. The molecule has 3 heterocycles.